The number of anilines is 1. The Morgan fingerprint density at radius 2 is 2.05 bits per heavy atom. The lowest BCUT2D eigenvalue weighted by Crippen LogP contribution is -2.43. The fourth-order valence-electron chi connectivity index (χ4n) is 2.93. The van der Waals surface area contributed by atoms with Crippen LogP contribution in [0.1, 0.15) is 18.4 Å². The molecule has 1 aromatic rings. The smallest absolute Gasteiger partial charge is 0.269 e. The van der Waals surface area contributed by atoms with Crippen molar-refractivity contribution in [3.63, 3.8) is 0 Å². The third kappa shape index (κ3) is 2.29. The zero-order chi connectivity index (χ0) is 13.4. The van der Waals surface area contributed by atoms with Crippen LogP contribution in [0.3, 0.4) is 0 Å². The van der Waals surface area contributed by atoms with Crippen molar-refractivity contribution in [1.82, 2.24) is 0 Å². The maximum absolute atomic E-state index is 10.8. The van der Waals surface area contributed by atoms with Crippen LogP contribution in [0, 0.1) is 10.1 Å². The number of nitro benzene ring substituents is 1. The number of hydrogen-bond donors (Lipinski definition) is 1. The summed E-state index contributed by atoms with van der Waals surface area (Å²) in [4.78, 5) is 12.5. The molecule has 2 aliphatic rings. The molecular weight excluding hydrogens is 248 g/mol. The second-order valence-electron chi connectivity index (χ2n) is 5.09. The summed E-state index contributed by atoms with van der Waals surface area (Å²) in [6.07, 6.45) is 2.64. The van der Waals surface area contributed by atoms with Crippen LogP contribution in [0.4, 0.5) is 11.4 Å². The van der Waals surface area contributed by atoms with Gasteiger partial charge in [-0.3, -0.25) is 10.1 Å². The summed E-state index contributed by atoms with van der Waals surface area (Å²) in [5, 5.41) is 20.2. The maximum atomic E-state index is 10.8. The monoisotopic (exact) mass is 264 g/mol. The molecule has 0 spiro atoms. The number of ether oxygens (including phenoxy) is 1. The second kappa shape index (κ2) is 4.79. The summed E-state index contributed by atoms with van der Waals surface area (Å²) in [7, 11) is 0. The van der Waals surface area contributed by atoms with E-state index in [9.17, 15) is 15.2 Å². The van der Waals surface area contributed by atoms with Gasteiger partial charge in [0.25, 0.3) is 5.69 Å². The Bertz CT molecular complexity index is 493. The van der Waals surface area contributed by atoms with Gasteiger partial charge in [-0.15, -0.1) is 0 Å². The molecule has 19 heavy (non-hydrogen) atoms. The molecule has 2 saturated heterocycles. The number of nitrogens with zero attached hydrogens (tertiary/aromatic N) is 2. The van der Waals surface area contributed by atoms with E-state index in [0.717, 1.165) is 31.6 Å². The van der Waals surface area contributed by atoms with Gasteiger partial charge in [0.05, 0.1) is 23.7 Å². The van der Waals surface area contributed by atoms with Gasteiger partial charge in [-0.05, 0) is 18.9 Å². The van der Waals surface area contributed by atoms with Crippen LogP contribution in [-0.4, -0.2) is 35.3 Å². The van der Waals surface area contributed by atoms with Crippen molar-refractivity contribution >= 4 is 11.4 Å². The third-order valence-corrected chi connectivity index (χ3v) is 3.83. The first kappa shape index (κ1) is 12.4. The molecule has 0 radical (unpaired) electrons. The number of nitro groups is 1. The number of aliphatic hydroxyl groups excluding tert-OH is 1. The minimum Gasteiger partial charge on any atom is -0.392 e. The molecule has 0 amide bonds. The summed E-state index contributed by atoms with van der Waals surface area (Å²) in [5.74, 6) is 0. The lowest BCUT2D eigenvalue weighted by atomic mass is 10.1. The molecule has 0 saturated carbocycles. The SMILES string of the molecule is O=[N+]([O-])c1ccc(N2CC3CCC(C2)O3)c(CO)c1. The van der Waals surface area contributed by atoms with E-state index in [-0.39, 0.29) is 24.5 Å². The van der Waals surface area contributed by atoms with E-state index in [2.05, 4.69) is 4.90 Å². The second-order valence-corrected chi connectivity index (χ2v) is 5.09. The fourth-order valence-corrected chi connectivity index (χ4v) is 2.93. The van der Waals surface area contributed by atoms with Gasteiger partial charge in [0.2, 0.25) is 0 Å². The predicted octanol–water partition coefficient (Wildman–Crippen LogP) is 1.45. The molecule has 2 aliphatic heterocycles. The third-order valence-electron chi connectivity index (χ3n) is 3.83. The Morgan fingerprint density at radius 1 is 1.37 bits per heavy atom. The van der Waals surface area contributed by atoms with Gasteiger partial charge in [0.1, 0.15) is 0 Å². The molecule has 2 atom stereocenters. The number of hydrogen-bond acceptors (Lipinski definition) is 5. The first-order valence-electron chi connectivity index (χ1n) is 6.46. The normalized spacial score (nSPS) is 25.6. The van der Waals surface area contributed by atoms with Crippen LogP contribution in [0.15, 0.2) is 18.2 Å². The van der Waals surface area contributed by atoms with Crippen molar-refractivity contribution in [2.75, 3.05) is 18.0 Å². The van der Waals surface area contributed by atoms with Crippen molar-refractivity contribution in [2.24, 2.45) is 0 Å². The van der Waals surface area contributed by atoms with Crippen molar-refractivity contribution < 1.29 is 14.8 Å². The first-order valence-corrected chi connectivity index (χ1v) is 6.46. The number of aliphatic hydroxyl groups is 1. The summed E-state index contributed by atoms with van der Waals surface area (Å²) in [6, 6.07) is 4.67. The predicted molar refractivity (Wildman–Crippen MR) is 69.1 cm³/mol. The number of fused-ring (bicyclic) bond motifs is 2. The van der Waals surface area contributed by atoms with Crippen LogP contribution in [0.2, 0.25) is 0 Å². The molecule has 2 heterocycles. The lowest BCUT2D eigenvalue weighted by Gasteiger charge is -2.34. The van der Waals surface area contributed by atoms with E-state index >= 15 is 0 Å². The standard InChI is InChI=1S/C13H16N2O4/c16-8-9-5-10(15(17)18)1-4-13(9)14-6-11-2-3-12(7-14)19-11/h1,4-5,11-12,16H,2-3,6-8H2. The van der Waals surface area contributed by atoms with Crippen LogP contribution < -0.4 is 4.90 Å². The van der Waals surface area contributed by atoms with Crippen molar-refractivity contribution in [2.45, 2.75) is 31.7 Å². The zero-order valence-electron chi connectivity index (χ0n) is 10.5. The van der Waals surface area contributed by atoms with Crippen LogP contribution in [0.25, 0.3) is 0 Å². The Hall–Kier alpha value is -1.66. The lowest BCUT2D eigenvalue weighted by molar-refractivity contribution is -0.384. The quantitative estimate of drug-likeness (QED) is 0.660. The molecule has 1 aromatic carbocycles. The maximum Gasteiger partial charge on any atom is 0.269 e. The molecule has 3 rings (SSSR count). The summed E-state index contributed by atoms with van der Waals surface area (Å²) in [5.41, 5.74) is 1.51. The molecule has 102 valence electrons. The first-order chi connectivity index (χ1) is 9.17. The average Bonchev–Trinajstić information content (AvgIpc) is 2.76. The van der Waals surface area contributed by atoms with E-state index in [1.54, 1.807) is 6.07 Å². The van der Waals surface area contributed by atoms with Crippen molar-refractivity contribution in [3.8, 4) is 0 Å². The Labute approximate surface area is 110 Å². The largest absolute Gasteiger partial charge is 0.392 e. The zero-order valence-corrected chi connectivity index (χ0v) is 10.5. The molecule has 6 nitrogen and oxygen atoms in total. The Balaban J connectivity index is 1.89. The topological polar surface area (TPSA) is 75.8 Å². The van der Waals surface area contributed by atoms with E-state index in [4.69, 9.17) is 4.74 Å². The molecule has 2 bridgehead atoms. The number of benzene rings is 1. The van der Waals surface area contributed by atoms with Crippen molar-refractivity contribution in [3.05, 3.63) is 33.9 Å². The van der Waals surface area contributed by atoms with Crippen LogP contribution >= 0.6 is 0 Å². The van der Waals surface area contributed by atoms with Gasteiger partial charge >= 0.3 is 0 Å². The number of non-ortho nitro benzene ring substituents is 1. The molecule has 6 heteroatoms. The molecule has 0 aliphatic carbocycles. The van der Waals surface area contributed by atoms with E-state index < -0.39 is 4.92 Å². The van der Waals surface area contributed by atoms with E-state index in [0.29, 0.717) is 5.56 Å². The molecule has 0 aromatic heterocycles. The van der Waals surface area contributed by atoms with Crippen LogP contribution in [-0.2, 0) is 11.3 Å². The molecule has 1 N–H and O–H groups in total. The Morgan fingerprint density at radius 3 is 2.63 bits per heavy atom. The van der Waals surface area contributed by atoms with E-state index in [1.807, 2.05) is 0 Å². The molecular formula is C13H16N2O4. The highest BCUT2D eigenvalue weighted by atomic mass is 16.6. The molecule has 2 unspecified atom stereocenters. The summed E-state index contributed by atoms with van der Waals surface area (Å²) in [6.45, 7) is 1.40. The van der Waals surface area contributed by atoms with Gasteiger partial charge in [-0.1, -0.05) is 0 Å². The van der Waals surface area contributed by atoms with Gasteiger partial charge in [-0.2, -0.15) is 0 Å². The highest BCUT2D eigenvalue weighted by Crippen LogP contribution is 2.32. The number of morpholine rings is 1. The average molecular weight is 264 g/mol. The fraction of sp³-hybridized carbons (Fsp3) is 0.538. The van der Waals surface area contributed by atoms with Gasteiger partial charge in [0, 0.05) is 36.5 Å². The Kier molecular flexibility index (Phi) is 3.12. The minimum atomic E-state index is -0.439. The van der Waals surface area contributed by atoms with Gasteiger partial charge in [-0.25, -0.2) is 0 Å². The highest BCUT2D eigenvalue weighted by molar-refractivity contribution is 5.58. The van der Waals surface area contributed by atoms with E-state index in [1.165, 1.54) is 12.1 Å². The highest BCUT2D eigenvalue weighted by Gasteiger charge is 2.34. The summed E-state index contributed by atoms with van der Waals surface area (Å²) >= 11 is 0. The minimum absolute atomic E-state index is 0.0176. The molecule has 2 fully saturated rings. The van der Waals surface area contributed by atoms with Gasteiger partial charge < -0.3 is 14.7 Å². The summed E-state index contributed by atoms with van der Waals surface area (Å²) < 4.78 is 5.77. The van der Waals surface area contributed by atoms with Gasteiger partial charge in [0.15, 0.2) is 0 Å². The van der Waals surface area contributed by atoms with Crippen LogP contribution in [0.5, 0.6) is 0 Å². The number of rotatable bonds is 3. The van der Waals surface area contributed by atoms with Crippen molar-refractivity contribution in [1.29, 1.82) is 0 Å².